The van der Waals surface area contributed by atoms with Crippen molar-refractivity contribution in [3.63, 3.8) is 0 Å². The van der Waals surface area contributed by atoms with E-state index in [1.807, 2.05) is 0 Å². The second kappa shape index (κ2) is 6.38. The van der Waals surface area contributed by atoms with Crippen molar-refractivity contribution >= 4 is 0 Å². The van der Waals surface area contributed by atoms with Gasteiger partial charge in [0, 0.05) is 0 Å². The van der Waals surface area contributed by atoms with Crippen LogP contribution in [0.15, 0.2) is 24.3 Å². The summed E-state index contributed by atoms with van der Waals surface area (Å²) >= 11 is 0. The fourth-order valence-corrected chi connectivity index (χ4v) is 3.21. The second-order valence-electron chi connectivity index (χ2n) is 5.76. The fraction of sp³-hybridized carbons (Fsp3) is 0.647. The highest BCUT2D eigenvalue weighted by atomic mass is 16.3. The summed E-state index contributed by atoms with van der Waals surface area (Å²) in [6.45, 7) is 4.47. The Balaban J connectivity index is 1.96. The Labute approximate surface area is 111 Å². The monoisotopic (exact) mass is 246 g/mol. The molecule has 1 heteroatoms. The van der Waals surface area contributed by atoms with Crippen LogP contribution in [0.25, 0.3) is 0 Å². The van der Waals surface area contributed by atoms with Crippen LogP contribution in [-0.4, -0.2) is 11.2 Å². The molecule has 0 saturated heterocycles. The zero-order valence-electron chi connectivity index (χ0n) is 11.7. The Kier molecular flexibility index (Phi) is 4.82. The number of aryl methyl sites for hydroxylation is 1. The van der Waals surface area contributed by atoms with Gasteiger partial charge in [-0.1, -0.05) is 51.0 Å². The second-order valence-corrected chi connectivity index (χ2v) is 5.76. The molecule has 0 aliphatic heterocycles. The molecule has 1 aliphatic rings. The predicted molar refractivity (Wildman–Crippen MR) is 76.7 cm³/mol. The predicted octanol–water partition coefficient (Wildman–Crippen LogP) is 3.98. The highest BCUT2D eigenvalue weighted by Gasteiger charge is 2.25. The van der Waals surface area contributed by atoms with Crippen LogP contribution in [0.1, 0.15) is 50.7 Å². The molecule has 1 nitrogen and oxygen atoms in total. The van der Waals surface area contributed by atoms with Crippen LogP contribution in [-0.2, 0) is 12.8 Å². The van der Waals surface area contributed by atoms with E-state index in [4.69, 9.17) is 0 Å². The molecule has 0 radical (unpaired) electrons. The molecule has 2 rings (SSSR count). The minimum atomic E-state index is -0.108. The van der Waals surface area contributed by atoms with Crippen LogP contribution in [0.5, 0.6) is 0 Å². The lowest BCUT2D eigenvalue weighted by Gasteiger charge is -2.30. The SMILES string of the molecule is CCC(CC)CC(O)C1CCc2ccccc2C1. The topological polar surface area (TPSA) is 20.2 Å². The fourth-order valence-electron chi connectivity index (χ4n) is 3.21. The zero-order valence-corrected chi connectivity index (χ0v) is 11.7. The maximum atomic E-state index is 10.4. The molecule has 0 fully saturated rings. The van der Waals surface area contributed by atoms with E-state index >= 15 is 0 Å². The van der Waals surface area contributed by atoms with Crippen LogP contribution in [0.2, 0.25) is 0 Å². The molecule has 0 heterocycles. The molecule has 1 aromatic rings. The zero-order chi connectivity index (χ0) is 13.0. The molecule has 1 aliphatic carbocycles. The Bertz CT molecular complexity index is 368. The van der Waals surface area contributed by atoms with Crippen molar-refractivity contribution in [1.29, 1.82) is 0 Å². The molecule has 18 heavy (non-hydrogen) atoms. The largest absolute Gasteiger partial charge is 0.393 e. The van der Waals surface area contributed by atoms with E-state index in [0.717, 1.165) is 25.7 Å². The first-order valence-electron chi connectivity index (χ1n) is 7.49. The average Bonchev–Trinajstić information content (AvgIpc) is 2.44. The summed E-state index contributed by atoms with van der Waals surface area (Å²) in [5.74, 6) is 1.16. The highest BCUT2D eigenvalue weighted by Crippen LogP contribution is 2.30. The van der Waals surface area contributed by atoms with Crippen molar-refractivity contribution in [2.24, 2.45) is 11.8 Å². The van der Waals surface area contributed by atoms with Gasteiger partial charge in [-0.05, 0) is 48.6 Å². The van der Waals surface area contributed by atoms with Crippen LogP contribution >= 0.6 is 0 Å². The number of fused-ring (bicyclic) bond motifs is 1. The molecule has 0 saturated carbocycles. The molecule has 0 aromatic heterocycles. The van der Waals surface area contributed by atoms with Crippen molar-refractivity contribution < 1.29 is 5.11 Å². The number of aliphatic hydroxyl groups is 1. The summed E-state index contributed by atoms with van der Waals surface area (Å²) < 4.78 is 0. The first-order valence-corrected chi connectivity index (χ1v) is 7.49. The summed E-state index contributed by atoms with van der Waals surface area (Å²) in [4.78, 5) is 0. The summed E-state index contributed by atoms with van der Waals surface area (Å²) in [5.41, 5.74) is 2.95. The molecule has 2 unspecified atom stereocenters. The van der Waals surface area contributed by atoms with Crippen molar-refractivity contribution in [3.8, 4) is 0 Å². The van der Waals surface area contributed by atoms with Gasteiger partial charge in [0.25, 0.3) is 0 Å². The van der Waals surface area contributed by atoms with E-state index in [9.17, 15) is 5.11 Å². The molecule has 0 spiro atoms. The molecular formula is C17H26O. The van der Waals surface area contributed by atoms with E-state index < -0.39 is 0 Å². The van der Waals surface area contributed by atoms with Crippen LogP contribution in [0.3, 0.4) is 0 Å². The van der Waals surface area contributed by atoms with Gasteiger partial charge in [0.2, 0.25) is 0 Å². The van der Waals surface area contributed by atoms with Crippen molar-refractivity contribution in [1.82, 2.24) is 0 Å². The normalized spacial score (nSPS) is 20.8. The van der Waals surface area contributed by atoms with Gasteiger partial charge in [-0.25, -0.2) is 0 Å². The molecule has 0 amide bonds. The maximum absolute atomic E-state index is 10.4. The summed E-state index contributed by atoms with van der Waals surface area (Å²) in [6.07, 6.45) is 6.62. The summed E-state index contributed by atoms with van der Waals surface area (Å²) in [7, 11) is 0. The molecule has 0 bridgehead atoms. The van der Waals surface area contributed by atoms with Crippen molar-refractivity contribution in [2.45, 2.75) is 58.5 Å². The van der Waals surface area contributed by atoms with Gasteiger partial charge in [-0.3, -0.25) is 0 Å². The Hall–Kier alpha value is -0.820. The molecule has 100 valence electrons. The van der Waals surface area contributed by atoms with Crippen LogP contribution in [0, 0.1) is 11.8 Å². The standard InChI is InChI=1S/C17H26O/c1-3-13(4-2)11-17(18)16-10-9-14-7-5-6-8-15(14)12-16/h5-8,13,16-18H,3-4,9-12H2,1-2H3. The van der Waals surface area contributed by atoms with E-state index in [2.05, 4.69) is 38.1 Å². The van der Waals surface area contributed by atoms with Gasteiger partial charge < -0.3 is 5.11 Å². The van der Waals surface area contributed by atoms with Gasteiger partial charge in [0.15, 0.2) is 0 Å². The molecular weight excluding hydrogens is 220 g/mol. The van der Waals surface area contributed by atoms with Crippen LogP contribution in [0.4, 0.5) is 0 Å². The number of hydrogen-bond acceptors (Lipinski definition) is 1. The van der Waals surface area contributed by atoms with E-state index in [-0.39, 0.29) is 6.10 Å². The van der Waals surface area contributed by atoms with Gasteiger partial charge >= 0.3 is 0 Å². The third kappa shape index (κ3) is 3.14. The number of benzene rings is 1. The van der Waals surface area contributed by atoms with Gasteiger partial charge in [0.05, 0.1) is 6.10 Å². The van der Waals surface area contributed by atoms with E-state index in [1.165, 1.54) is 24.0 Å². The van der Waals surface area contributed by atoms with Gasteiger partial charge in [0.1, 0.15) is 0 Å². The Morgan fingerprint density at radius 2 is 1.83 bits per heavy atom. The lowest BCUT2D eigenvalue weighted by molar-refractivity contribution is 0.0728. The Morgan fingerprint density at radius 1 is 1.17 bits per heavy atom. The van der Waals surface area contributed by atoms with Crippen molar-refractivity contribution in [2.75, 3.05) is 0 Å². The van der Waals surface area contributed by atoms with Gasteiger partial charge in [-0.15, -0.1) is 0 Å². The maximum Gasteiger partial charge on any atom is 0.0574 e. The van der Waals surface area contributed by atoms with Crippen LogP contribution < -0.4 is 0 Å². The summed E-state index contributed by atoms with van der Waals surface area (Å²) in [6, 6.07) is 8.71. The lowest BCUT2D eigenvalue weighted by Crippen LogP contribution is -2.28. The van der Waals surface area contributed by atoms with Gasteiger partial charge in [-0.2, -0.15) is 0 Å². The van der Waals surface area contributed by atoms with E-state index in [1.54, 1.807) is 0 Å². The Morgan fingerprint density at radius 3 is 2.50 bits per heavy atom. The molecule has 2 atom stereocenters. The number of rotatable bonds is 5. The average molecular weight is 246 g/mol. The van der Waals surface area contributed by atoms with E-state index in [0.29, 0.717) is 11.8 Å². The smallest absolute Gasteiger partial charge is 0.0574 e. The first-order chi connectivity index (χ1) is 8.74. The third-order valence-electron chi connectivity index (χ3n) is 4.66. The number of hydrogen-bond donors (Lipinski definition) is 1. The lowest BCUT2D eigenvalue weighted by atomic mass is 9.78. The summed E-state index contributed by atoms with van der Waals surface area (Å²) in [5, 5.41) is 10.4. The molecule has 1 N–H and O–H groups in total. The molecule has 1 aromatic carbocycles. The first kappa shape index (κ1) is 13.6. The quantitative estimate of drug-likeness (QED) is 0.833. The highest BCUT2D eigenvalue weighted by molar-refractivity contribution is 5.29. The minimum Gasteiger partial charge on any atom is -0.393 e. The minimum absolute atomic E-state index is 0.108. The van der Waals surface area contributed by atoms with Crippen molar-refractivity contribution in [3.05, 3.63) is 35.4 Å². The number of aliphatic hydroxyl groups excluding tert-OH is 1. The third-order valence-corrected chi connectivity index (χ3v) is 4.66.